The summed E-state index contributed by atoms with van der Waals surface area (Å²) in [5.41, 5.74) is 1.17. The minimum Gasteiger partial charge on any atom is -0.340 e. The molecule has 2 unspecified atom stereocenters. The second-order valence-electron chi connectivity index (χ2n) is 5.85. The Bertz CT molecular complexity index is 528. The van der Waals surface area contributed by atoms with Crippen LogP contribution < -0.4 is 0 Å². The van der Waals surface area contributed by atoms with Crippen LogP contribution in [0.3, 0.4) is 0 Å². The molecular formula is C17H21ClN2O. The Kier molecular flexibility index (Phi) is 4.32. The van der Waals surface area contributed by atoms with E-state index in [-0.39, 0.29) is 0 Å². The van der Waals surface area contributed by atoms with Gasteiger partial charge in [0, 0.05) is 43.2 Å². The summed E-state index contributed by atoms with van der Waals surface area (Å²) in [7, 11) is 0. The highest BCUT2D eigenvalue weighted by Gasteiger charge is 2.44. The van der Waals surface area contributed by atoms with E-state index in [4.69, 9.17) is 11.6 Å². The third-order valence-corrected chi connectivity index (χ3v) is 4.75. The van der Waals surface area contributed by atoms with Gasteiger partial charge >= 0.3 is 0 Å². The van der Waals surface area contributed by atoms with Gasteiger partial charge < -0.3 is 4.90 Å². The number of rotatable bonds is 4. The number of benzene rings is 1. The number of carbonyl (C=O) groups excluding carboxylic acids is 1. The highest BCUT2D eigenvalue weighted by molar-refractivity contribution is 6.30. The maximum Gasteiger partial charge on any atom is 0.222 e. The molecule has 3 heterocycles. The quantitative estimate of drug-likeness (QED) is 0.853. The number of fused-ring (bicyclic) bond motifs is 2. The Morgan fingerprint density at radius 2 is 1.95 bits per heavy atom. The Hall–Kier alpha value is -1.32. The number of piperidine rings is 1. The molecule has 0 spiro atoms. The van der Waals surface area contributed by atoms with Crippen molar-refractivity contribution < 1.29 is 4.79 Å². The van der Waals surface area contributed by atoms with Crippen molar-refractivity contribution in [1.82, 2.24) is 9.80 Å². The number of nitrogens with zero attached hydrogens (tertiary/aromatic N) is 2. The van der Waals surface area contributed by atoms with E-state index in [0.717, 1.165) is 24.7 Å². The summed E-state index contributed by atoms with van der Waals surface area (Å²) < 4.78 is 0. The van der Waals surface area contributed by atoms with Crippen molar-refractivity contribution >= 4 is 23.6 Å². The third-order valence-electron chi connectivity index (χ3n) is 4.50. The number of piperazine rings is 1. The molecule has 21 heavy (non-hydrogen) atoms. The highest BCUT2D eigenvalue weighted by Crippen LogP contribution is 2.32. The first kappa shape index (κ1) is 14.6. The van der Waals surface area contributed by atoms with Gasteiger partial charge in [-0.05, 0) is 24.1 Å². The molecule has 0 radical (unpaired) electrons. The van der Waals surface area contributed by atoms with E-state index >= 15 is 0 Å². The normalized spacial score (nSPS) is 25.1. The number of hydrogen-bond acceptors (Lipinski definition) is 2. The molecule has 4 heteroatoms. The van der Waals surface area contributed by atoms with E-state index in [1.165, 1.54) is 12.0 Å². The lowest BCUT2D eigenvalue weighted by atomic mass is 9.87. The summed E-state index contributed by atoms with van der Waals surface area (Å²) in [6.45, 7) is 4.71. The van der Waals surface area contributed by atoms with Gasteiger partial charge in [-0.3, -0.25) is 9.69 Å². The molecule has 3 aliphatic heterocycles. The molecule has 2 bridgehead atoms. The van der Waals surface area contributed by atoms with E-state index in [1.54, 1.807) is 0 Å². The predicted octanol–water partition coefficient (Wildman–Crippen LogP) is 3.05. The molecule has 3 saturated heterocycles. The van der Waals surface area contributed by atoms with Gasteiger partial charge in [0.05, 0.1) is 0 Å². The molecule has 1 aromatic carbocycles. The van der Waals surface area contributed by atoms with Crippen molar-refractivity contribution in [3.8, 4) is 0 Å². The van der Waals surface area contributed by atoms with Crippen molar-refractivity contribution in [2.75, 3.05) is 19.6 Å². The van der Waals surface area contributed by atoms with Crippen LogP contribution in [-0.2, 0) is 4.79 Å². The van der Waals surface area contributed by atoms with Gasteiger partial charge in [-0.15, -0.1) is 0 Å². The summed E-state index contributed by atoms with van der Waals surface area (Å²) in [6.07, 6.45) is 6.21. The molecule has 4 rings (SSSR count). The zero-order valence-electron chi connectivity index (χ0n) is 12.3. The molecule has 3 aliphatic rings. The summed E-state index contributed by atoms with van der Waals surface area (Å²) in [5, 5.41) is 0.769. The monoisotopic (exact) mass is 304 g/mol. The highest BCUT2D eigenvalue weighted by atomic mass is 35.5. The molecule has 1 aromatic rings. The van der Waals surface area contributed by atoms with Crippen LogP contribution in [-0.4, -0.2) is 47.4 Å². The molecular weight excluding hydrogens is 284 g/mol. The fourth-order valence-corrected chi connectivity index (χ4v) is 3.42. The summed E-state index contributed by atoms with van der Waals surface area (Å²) in [5.74, 6) is 0.293. The van der Waals surface area contributed by atoms with E-state index in [2.05, 4.69) is 17.1 Å². The molecule has 3 nitrogen and oxygen atoms in total. The first-order chi connectivity index (χ1) is 10.2. The van der Waals surface area contributed by atoms with Crippen molar-refractivity contribution in [1.29, 1.82) is 0 Å². The van der Waals surface area contributed by atoms with Gasteiger partial charge in [0.15, 0.2) is 0 Å². The second kappa shape index (κ2) is 6.20. The van der Waals surface area contributed by atoms with Gasteiger partial charge in [-0.2, -0.15) is 0 Å². The summed E-state index contributed by atoms with van der Waals surface area (Å²) in [6, 6.07) is 8.97. The van der Waals surface area contributed by atoms with Gasteiger partial charge in [-0.25, -0.2) is 0 Å². The molecule has 0 aromatic heterocycles. The van der Waals surface area contributed by atoms with Crippen molar-refractivity contribution in [2.45, 2.75) is 31.8 Å². The Balaban J connectivity index is 1.52. The molecule has 0 aliphatic carbocycles. The third kappa shape index (κ3) is 3.14. The van der Waals surface area contributed by atoms with Crippen LogP contribution in [0.4, 0.5) is 0 Å². The lowest BCUT2D eigenvalue weighted by Crippen LogP contribution is -2.69. The topological polar surface area (TPSA) is 23.6 Å². The van der Waals surface area contributed by atoms with Crippen molar-refractivity contribution in [3.05, 3.63) is 40.9 Å². The fourth-order valence-electron chi connectivity index (χ4n) is 3.30. The van der Waals surface area contributed by atoms with Gasteiger partial charge in [0.1, 0.15) is 0 Å². The number of halogens is 1. The zero-order valence-corrected chi connectivity index (χ0v) is 13.1. The van der Waals surface area contributed by atoms with E-state index in [1.807, 2.05) is 36.1 Å². The molecule has 2 atom stereocenters. The molecule has 3 fully saturated rings. The number of amides is 1. The summed E-state index contributed by atoms with van der Waals surface area (Å²) in [4.78, 5) is 16.3. The Morgan fingerprint density at radius 3 is 2.57 bits per heavy atom. The standard InChI is InChI=1S/C17H21ClN2O/c1-2-17(21)19-11-15-10-16(12-19)20(15)9-3-4-13-5-7-14(18)8-6-13/h3-8,15-16H,2,9-12H2,1H3/b4-3+. The van der Waals surface area contributed by atoms with Gasteiger partial charge in [0.25, 0.3) is 0 Å². The Labute approximate surface area is 131 Å². The van der Waals surface area contributed by atoms with E-state index < -0.39 is 0 Å². The molecule has 0 saturated carbocycles. The SMILES string of the molecule is CCC(=O)N1CC2CC(C1)N2C/C=C/c1ccc(Cl)cc1. The molecule has 1 amide bonds. The van der Waals surface area contributed by atoms with Gasteiger partial charge in [-0.1, -0.05) is 42.8 Å². The van der Waals surface area contributed by atoms with Crippen LogP contribution in [0.1, 0.15) is 25.3 Å². The fraction of sp³-hybridized carbons (Fsp3) is 0.471. The largest absolute Gasteiger partial charge is 0.340 e. The maximum absolute atomic E-state index is 11.7. The minimum absolute atomic E-state index is 0.293. The van der Waals surface area contributed by atoms with Gasteiger partial charge in [0.2, 0.25) is 5.91 Å². The average molecular weight is 305 g/mol. The molecule has 112 valence electrons. The van der Waals surface area contributed by atoms with Crippen molar-refractivity contribution in [2.24, 2.45) is 0 Å². The summed E-state index contributed by atoms with van der Waals surface area (Å²) >= 11 is 5.88. The van der Waals surface area contributed by atoms with E-state index in [0.29, 0.717) is 24.4 Å². The van der Waals surface area contributed by atoms with Crippen LogP contribution >= 0.6 is 11.6 Å². The molecule has 0 N–H and O–H groups in total. The van der Waals surface area contributed by atoms with Crippen LogP contribution in [0, 0.1) is 0 Å². The van der Waals surface area contributed by atoms with Crippen LogP contribution in [0.5, 0.6) is 0 Å². The van der Waals surface area contributed by atoms with Crippen LogP contribution in [0.25, 0.3) is 6.08 Å². The second-order valence-corrected chi connectivity index (χ2v) is 6.28. The van der Waals surface area contributed by atoms with Crippen LogP contribution in [0.2, 0.25) is 5.02 Å². The van der Waals surface area contributed by atoms with Crippen LogP contribution in [0.15, 0.2) is 30.3 Å². The first-order valence-electron chi connectivity index (χ1n) is 7.63. The maximum atomic E-state index is 11.7. The predicted molar refractivity (Wildman–Crippen MR) is 86.3 cm³/mol. The lowest BCUT2D eigenvalue weighted by Gasteiger charge is -2.56. The zero-order chi connectivity index (χ0) is 14.8. The number of carbonyl (C=O) groups is 1. The first-order valence-corrected chi connectivity index (χ1v) is 8.01. The average Bonchev–Trinajstić information content (AvgIpc) is 2.52. The smallest absolute Gasteiger partial charge is 0.222 e. The minimum atomic E-state index is 0.293. The Morgan fingerprint density at radius 1 is 1.29 bits per heavy atom. The number of hydrogen-bond donors (Lipinski definition) is 0. The van der Waals surface area contributed by atoms with E-state index in [9.17, 15) is 4.79 Å². The lowest BCUT2D eigenvalue weighted by molar-refractivity contribution is -0.142. The van der Waals surface area contributed by atoms with Crippen molar-refractivity contribution in [3.63, 3.8) is 0 Å².